The summed E-state index contributed by atoms with van der Waals surface area (Å²) in [6, 6.07) is 5.56. The quantitative estimate of drug-likeness (QED) is 0.470. The van der Waals surface area contributed by atoms with E-state index in [1.807, 2.05) is 0 Å². The monoisotopic (exact) mass is 534 g/mol. The van der Waals surface area contributed by atoms with Crippen molar-refractivity contribution in [2.24, 2.45) is 5.92 Å². The summed E-state index contributed by atoms with van der Waals surface area (Å²) in [6.07, 6.45) is -9.03. The van der Waals surface area contributed by atoms with Gasteiger partial charge in [0, 0.05) is 45.1 Å². The van der Waals surface area contributed by atoms with Crippen molar-refractivity contribution in [3.8, 4) is 0 Å². The number of halogens is 7. The third-order valence-corrected chi connectivity index (χ3v) is 6.72. The van der Waals surface area contributed by atoms with Crippen molar-refractivity contribution in [3.63, 3.8) is 0 Å². The normalized spacial score (nSPS) is 19.2. The van der Waals surface area contributed by atoms with Crippen molar-refractivity contribution >= 4 is 5.91 Å². The number of aryl methyl sites for hydroxylation is 1. The molecule has 2 unspecified atom stereocenters. The molecule has 11 heteroatoms. The molecule has 37 heavy (non-hydrogen) atoms. The second kappa shape index (κ2) is 11.4. The lowest BCUT2D eigenvalue weighted by molar-refractivity contribution is -0.143. The van der Waals surface area contributed by atoms with Crippen LogP contribution in [0.3, 0.4) is 0 Å². The zero-order chi connectivity index (χ0) is 27.5. The van der Waals surface area contributed by atoms with E-state index in [1.165, 1.54) is 19.2 Å². The van der Waals surface area contributed by atoms with E-state index in [2.05, 4.69) is 4.90 Å². The zero-order valence-electron chi connectivity index (χ0n) is 20.5. The predicted molar refractivity (Wildman–Crippen MR) is 123 cm³/mol. The average molecular weight is 535 g/mol. The number of piperidine rings is 1. The maximum Gasteiger partial charge on any atom is 0.416 e. The molecule has 1 amide bonds. The van der Waals surface area contributed by atoms with E-state index in [4.69, 9.17) is 0 Å². The first-order valence-electron chi connectivity index (χ1n) is 11.8. The molecule has 2 atom stereocenters. The Hall–Kier alpha value is -2.66. The number of nitrogens with zero attached hydrogens (tertiary/aromatic N) is 2. The van der Waals surface area contributed by atoms with Crippen molar-refractivity contribution in [1.82, 2.24) is 9.80 Å². The van der Waals surface area contributed by atoms with Crippen LogP contribution in [-0.4, -0.2) is 54.1 Å². The minimum Gasteiger partial charge on any atom is -0.396 e. The molecule has 2 aromatic carbocycles. The summed E-state index contributed by atoms with van der Waals surface area (Å²) in [5.41, 5.74) is -1.76. The van der Waals surface area contributed by atoms with E-state index in [-0.39, 0.29) is 24.2 Å². The van der Waals surface area contributed by atoms with Crippen LogP contribution >= 0.6 is 0 Å². The summed E-state index contributed by atoms with van der Waals surface area (Å²) in [6.45, 7) is 2.85. The molecule has 1 heterocycles. The van der Waals surface area contributed by atoms with Gasteiger partial charge in [-0.25, -0.2) is 4.39 Å². The number of aliphatic hydroxyl groups excluding tert-OH is 1. The minimum atomic E-state index is -4.98. The Balaban J connectivity index is 1.89. The number of hydrogen-bond acceptors (Lipinski definition) is 3. The molecular formula is C26H29F7N2O2. The molecule has 1 aliphatic rings. The highest BCUT2D eigenvalue weighted by Gasteiger charge is 2.39. The van der Waals surface area contributed by atoms with E-state index in [0.29, 0.717) is 50.2 Å². The Labute approximate surface area is 210 Å². The standard InChI is InChI=1S/C26H29F7N2O2/c1-16-10-20(27)4-5-21(16)23-15-35(7-3-9-36)8-6-22(23)24(37)34(2)14-17-11-18(25(28,29)30)13-19(12-17)26(31,32)33/h4-5,10-13,22-23,36H,3,6-9,14-15H2,1-2H3. The predicted octanol–water partition coefficient (Wildman–Crippen LogP) is 5.62. The van der Waals surface area contributed by atoms with Gasteiger partial charge in [-0.1, -0.05) is 6.07 Å². The molecule has 1 fully saturated rings. The van der Waals surface area contributed by atoms with Gasteiger partial charge < -0.3 is 14.9 Å². The van der Waals surface area contributed by atoms with Crippen molar-refractivity contribution in [3.05, 3.63) is 70.0 Å². The Morgan fingerprint density at radius 2 is 1.68 bits per heavy atom. The van der Waals surface area contributed by atoms with Crippen LogP contribution in [0.4, 0.5) is 30.7 Å². The molecule has 0 saturated carbocycles. The van der Waals surface area contributed by atoms with E-state index in [9.17, 15) is 40.6 Å². The maximum absolute atomic E-state index is 13.7. The van der Waals surface area contributed by atoms with Gasteiger partial charge in [-0.15, -0.1) is 0 Å². The third kappa shape index (κ3) is 7.22. The first-order chi connectivity index (χ1) is 17.2. The molecule has 0 bridgehead atoms. The van der Waals surface area contributed by atoms with E-state index in [1.54, 1.807) is 13.0 Å². The van der Waals surface area contributed by atoms with Crippen LogP contribution in [0.2, 0.25) is 0 Å². The molecule has 0 radical (unpaired) electrons. The fraction of sp³-hybridized carbons (Fsp3) is 0.500. The highest BCUT2D eigenvalue weighted by atomic mass is 19.4. The largest absolute Gasteiger partial charge is 0.416 e. The van der Waals surface area contributed by atoms with Gasteiger partial charge in [0.25, 0.3) is 0 Å². The molecule has 2 aromatic rings. The lowest BCUT2D eigenvalue weighted by atomic mass is 9.78. The molecule has 0 aliphatic carbocycles. The van der Waals surface area contributed by atoms with Gasteiger partial charge in [0.1, 0.15) is 5.82 Å². The van der Waals surface area contributed by atoms with Crippen LogP contribution < -0.4 is 0 Å². The van der Waals surface area contributed by atoms with Gasteiger partial charge >= 0.3 is 12.4 Å². The summed E-state index contributed by atoms with van der Waals surface area (Å²) in [4.78, 5) is 16.7. The van der Waals surface area contributed by atoms with Crippen molar-refractivity contribution in [2.45, 2.75) is 44.6 Å². The second-order valence-electron chi connectivity index (χ2n) is 9.49. The second-order valence-corrected chi connectivity index (χ2v) is 9.49. The Morgan fingerprint density at radius 3 is 2.22 bits per heavy atom. The Morgan fingerprint density at radius 1 is 1.05 bits per heavy atom. The van der Waals surface area contributed by atoms with E-state index < -0.39 is 47.7 Å². The highest BCUT2D eigenvalue weighted by Crippen LogP contribution is 2.38. The molecule has 3 rings (SSSR count). The number of amides is 1. The summed E-state index contributed by atoms with van der Waals surface area (Å²) in [7, 11) is 1.35. The van der Waals surface area contributed by atoms with Crippen LogP contribution in [0.25, 0.3) is 0 Å². The van der Waals surface area contributed by atoms with Crippen LogP contribution in [0.1, 0.15) is 46.6 Å². The van der Waals surface area contributed by atoms with Gasteiger partial charge in [0.2, 0.25) is 5.91 Å². The fourth-order valence-electron chi connectivity index (χ4n) is 4.93. The summed E-state index contributed by atoms with van der Waals surface area (Å²) in [5, 5.41) is 9.18. The lowest BCUT2D eigenvalue weighted by Crippen LogP contribution is -2.46. The average Bonchev–Trinajstić information content (AvgIpc) is 2.81. The highest BCUT2D eigenvalue weighted by molar-refractivity contribution is 5.80. The lowest BCUT2D eigenvalue weighted by Gasteiger charge is -2.40. The number of alkyl halides is 6. The smallest absolute Gasteiger partial charge is 0.396 e. The van der Waals surface area contributed by atoms with Crippen LogP contribution in [-0.2, 0) is 23.7 Å². The number of hydrogen-bond donors (Lipinski definition) is 1. The van der Waals surface area contributed by atoms with Crippen molar-refractivity contribution < 1.29 is 40.6 Å². The molecule has 1 N–H and O–H groups in total. The molecule has 1 aliphatic heterocycles. The number of rotatable bonds is 7. The Kier molecular flexibility index (Phi) is 8.89. The summed E-state index contributed by atoms with van der Waals surface area (Å²) < 4.78 is 93.3. The van der Waals surface area contributed by atoms with Gasteiger partial charge in [-0.05, 0) is 73.3 Å². The molecule has 1 saturated heterocycles. The molecule has 4 nitrogen and oxygen atoms in total. The Bertz CT molecular complexity index is 1070. The number of carbonyl (C=O) groups excluding carboxylic acids is 1. The van der Waals surface area contributed by atoms with E-state index >= 15 is 0 Å². The van der Waals surface area contributed by atoms with Gasteiger partial charge in [0.05, 0.1) is 11.1 Å². The molecule has 0 aromatic heterocycles. The molecule has 204 valence electrons. The van der Waals surface area contributed by atoms with Crippen LogP contribution in [0, 0.1) is 18.7 Å². The molecular weight excluding hydrogens is 505 g/mol. The first kappa shape index (κ1) is 28.9. The van der Waals surface area contributed by atoms with Crippen molar-refractivity contribution in [2.75, 3.05) is 33.3 Å². The topological polar surface area (TPSA) is 43.8 Å². The summed E-state index contributed by atoms with van der Waals surface area (Å²) >= 11 is 0. The first-order valence-corrected chi connectivity index (χ1v) is 11.8. The number of carbonyl (C=O) groups is 1. The van der Waals surface area contributed by atoms with E-state index in [0.717, 1.165) is 10.5 Å². The van der Waals surface area contributed by atoms with Crippen LogP contribution in [0.5, 0.6) is 0 Å². The van der Waals surface area contributed by atoms with Gasteiger partial charge in [-0.2, -0.15) is 26.3 Å². The minimum absolute atomic E-state index is 0.00125. The fourth-order valence-corrected chi connectivity index (χ4v) is 4.93. The van der Waals surface area contributed by atoms with Crippen molar-refractivity contribution in [1.29, 1.82) is 0 Å². The van der Waals surface area contributed by atoms with Gasteiger partial charge in [0.15, 0.2) is 0 Å². The van der Waals surface area contributed by atoms with Crippen LogP contribution in [0.15, 0.2) is 36.4 Å². The summed E-state index contributed by atoms with van der Waals surface area (Å²) in [5.74, 6) is -1.82. The number of aliphatic hydroxyl groups is 1. The number of likely N-dealkylation sites (tertiary alicyclic amines) is 1. The third-order valence-electron chi connectivity index (χ3n) is 6.72. The maximum atomic E-state index is 13.7. The zero-order valence-corrected chi connectivity index (χ0v) is 20.5. The van der Waals surface area contributed by atoms with Gasteiger partial charge in [-0.3, -0.25) is 4.79 Å². The SMILES string of the molecule is Cc1cc(F)ccc1C1CN(CCCO)CCC1C(=O)N(C)Cc1cc(C(F)(F)F)cc(C(F)(F)F)c1. The molecule has 0 spiro atoms. The number of benzene rings is 2.